The van der Waals surface area contributed by atoms with Crippen molar-refractivity contribution in [3.05, 3.63) is 65.6 Å². The van der Waals surface area contributed by atoms with Gasteiger partial charge in [0.25, 0.3) is 5.91 Å². The van der Waals surface area contributed by atoms with Crippen LogP contribution in [0.2, 0.25) is 0 Å². The predicted octanol–water partition coefficient (Wildman–Crippen LogP) is 3.97. The fraction of sp³-hybridized carbons (Fsp3) is 0.227. The fourth-order valence-electron chi connectivity index (χ4n) is 2.97. The first-order valence-electron chi connectivity index (χ1n) is 9.36. The van der Waals surface area contributed by atoms with Gasteiger partial charge in [-0.3, -0.25) is 4.79 Å². The second-order valence-corrected chi connectivity index (χ2v) is 6.62. The van der Waals surface area contributed by atoms with E-state index in [2.05, 4.69) is 20.6 Å². The number of carbonyl (C=O) groups excluding carboxylic acids is 1. The van der Waals surface area contributed by atoms with Crippen LogP contribution in [0.4, 0.5) is 5.69 Å². The summed E-state index contributed by atoms with van der Waals surface area (Å²) in [5.74, 6) is 0.262. The van der Waals surface area contributed by atoms with Gasteiger partial charge in [-0.15, -0.1) is 0 Å². The van der Waals surface area contributed by atoms with Crippen LogP contribution in [-0.4, -0.2) is 22.5 Å². The van der Waals surface area contributed by atoms with Gasteiger partial charge in [0.2, 0.25) is 0 Å². The van der Waals surface area contributed by atoms with Crippen molar-refractivity contribution in [2.75, 3.05) is 11.9 Å². The van der Waals surface area contributed by atoms with Crippen LogP contribution in [0.25, 0.3) is 11.0 Å². The molecular formula is C22H23N5O2. The number of hydrogen-bond acceptors (Lipinski definition) is 5. The number of H-pyrrole nitrogens is 1. The highest BCUT2D eigenvalue weighted by Gasteiger charge is 2.17. The van der Waals surface area contributed by atoms with Gasteiger partial charge in [0.1, 0.15) is 17.4 Å². The Morgan fingerprint density at radius 1 is 1.34 bits per heavy atom. The minimum absolute atomic E-state index is 0.0211. The molecule has 0 saturated heterocycles. The normalized spacial score (nSPS) is 12.3. The molecule has 2 aromatic carbocycles. The number of nitrogens with one attached hydrogen (secondary N) is 3. The number of aromatic nitrogens is 2. The topological polar surface area (TPSA) is 103 Å². The van der Waals surface area contributed by atoms with Crippen LogP contribution in [0.1, 0.15) is 31.0 Å². The van der Waals surface area contributed by atoms with E-state index >= 15 is 0 Å². The van der Waals surface area contributed by atoms with Crippen LogP contribution in [0.15, 0.2) is 54.5 Å². The van der Waals surface area contributed by atoms with Gasteiger partial charge in [0.05, 0.1) is 30.0 Å². The van der Waals surface area contributed by atoms with E-state index in [9.17, 15) is 10.1 Å². The summed E-state index contributed by atoms with van der Waals surface area (Å²) in [6.45, 7) is 6.29. The molecule has 0 saturated carbocycles. The van der Waals surface area contributed by atoms with Crippen molar-refractivity contribution in [1.29, 1.82) is 5.26 Å². The summed E-state index contributed by atoms with van der Waals surface area (Å²) >= 11 is 0. The quantitative estimate of drug-likeness (QED) is 0.419. The highest BCUT2D eigenvalue weighted by molar-refractivity contribution is 5.97. The van der Waals surface area contributed by atoms with Crippen LogP contribution < -0.4 is 15.4 Å². The zero-order valence-corrected chi connectivity index (χ0v) is 16.6. The molecule has 1 atom stereocenters. The molecule has 0 aliphatic heterocycles. The number of amides is 1. The number of ether oxygens (including phenoxy) is 1. The molecule has 1 aromatic heterocycles. The Kier molecular flexibility index (Phi) is 6.15. The van der Waals surface area contributed by atoms with Crippen molar-refractivity contribution in [1.82, 2.24) is 15.3 Å². The number of carbonyl (C=O) groups is 1. The van der Waals surface area contributed by atoms with Gasteiger partial charge in [-0.05, 0) is 45.0 Å². The van der Waals surface area contributed by atoms with Gasteiger partial charge in [0.15, 0.2) is 0 Å². The molecule has 7 nitrogen and oxygen atoms in total. The first kappa shape index (κ1) is 20.0. The standard InChI is InChI=1S/C22H23N5O2/c1-4-29-21-8-5-14(2)9-18(21)15(3)27-22(28)16(11-23)12-24-17-6-7-19-20(10-17)26-13-25-19/h5-10,12-13,15,24H,4H2,1-3H3,(H,25,26)(H,27,28)/b16-12-. The van der Waals surface area contributed by atoms with Crippen molar-refractivity contribution in [3.8, 4) is 11.8 Å². The molecule has 7 heteroatoms. The average Bonchev–Trinajstić information content (AvgIpc) is 3.17. The molecule has 1 unspecified atom stereocenters. The molecule has 0 aliphatic rings. The Hall–Kier alpha value is -3.79. The Morgan fingerprint density at radius 3 is 2.93 bits per heavy atom. The van der Waals surface area contributed by atoms with E-state index in [1.54, 1.807) is 6.33 Å². The summed E-state index contributed by atoms with van der Waals surface area (Å²) in [6, 6.07) is 13.0. The Labute approximate surface area is 169 Å². The molecule has 0 spiro atoms. The molecule has 0 radical (unpaired) electrons. The van der Waals surface area contributed by atoms with E-state index in [4.69, 9.17) is 4.74 Å². The van der Waals surface area contributed by atoms with Crippen LogP contribution in [0.5, 0.6) is 5.75 Å². The number of fused-ring (bicyclic) bond motifs is 1. The average molecular weight is 389 g/mol. The summed E-state index contributed by atoms with van der Waals surface area (Å²) < 4.78 is 5.66. The second kappa shape index (κ2) is 8.93. The number of benzene rings is 2. The summed E-state index contributed by atoms with van der Waals surface area (Å²) in [7, 11) is 0. The van der Waals surface area contributed by atoms with E-state index in [1.165, 1.54) is 6.20 Å². The maximum Gasteiger partial charge on any atom is 0.263 e. The number of aromatic amines is 1. The van der Waals surface area contributed by atoms with Crippen molar-refractivity contribution in [2.24, 2.45) is 0 Å². The van der Waals surface area contributed by atoms with Crippen molar-refractivity contribution >= 4 is 22.6 Å². The maximum atomic E-state index is 12.6. The number of hydrogen-bond donors (Lipinski definition) is 3. The van der Waals surface area contributed by atoms with Crippen LogP contribution in [-0.2, 0) is 4.79 Å². The van der Waals surface area contributed by atoms with E-state index < -0.39 is 5.91 Å². The van der Waals surface area contributed by atoms with E-state index in [0.717, 1.165) is 33.6 Å². The van der Waals surface area contributed by atoms with Crippen LogP contribution >= 0.6 is 0 Å². The molecule has 29 heavy (non-hydrogen) atoms. The van der Waals surface area contributed by atoms with Gasteiger partial charge in [-0.2, -0.15) is 5.26 Å². The first-order valence-corrected chi connectivity index (χ1v) is 9.36. The predicted molar refractivity (Wildman–Crippen MR) is 112 cm³/mol. The second-order valence-electron chi connectivity index (χ2n) is 6.62. The number of nitriles is 1. The Bertz CT molecular complexity index is 1090. The Morgan fingerprint density at radius 2 is 2.17 bits per heavy atom. The molecule has 1 heterocycles. The molecule has 3 aromatic rings. The zero-order valence-electron chi connectivity index (χ0n) is 16.6. The highest BCUT2D eigenvalue weighted by Crippen LogP contribution is 2.26. The Balaban J connectivity index is 1.73. The SMILES string of the molecule is CCOc1ccc(C)cc1C(C)NC(=O)/C(C#N)=C\Nc1ccc2nc[nH]c2c1. The lowest BCUT2D eigenvalue weighted by Crippen LogP contribution is -2.28. The first-order chi connectivity index (χ1) is 14.0. The lowest BCUT2D eigenvalue weighted by molar-refractivity contribution is -0.117. The molecule has 3 N–H and O–H groups in total. The molecule has 0 bridgehead atoms. The number of anilines is 1. The molecular weight excluding hydrogens is 366 g/mol. The number of aryl methyl sites for hydroxylation is 1. The van der Waals surface area contributed by atoms with E-state index in [-0.39, 0.29) is 11.6 Å². The van der Waals surface area contributed by atoms with Gasteiger partial charge >= 0.3 is 0 Å². The van der Waals surface area contributed by atoms with Crippen molar-refractivity contribution < 1.29 is 9.53 Å². The summed E-state index contributed by atoms with van der Waals surface area (Å²) in [4.78, 5) is 19.8. The molecule has 0 aliphatic carbocycles. The fourth-order valence-corrected chi connectivity index (χ4v) is 2.97. The van der Waals surface area contributed by atoms with Gasteiger partial charge in [-0.1, -0.05) is 17.7 Å². The largest absolute Gasteiger partial charge is 0.494 e. The number of nitrogens with zero attached hydrogens (tertiary/aromatic N) is 2. The maximum absolute atomic E-state index is 12.6. The minimum atomic E-state index is -0.459. The third-order valence-corrected chi connectivity index (χ3v) is 4.45. The lowest BCUT2D eigenvalue weighted by atomic mass is 10.0. The highest BCUT2D eigenvalue weighted by atomic mass is 16.5. The summed E-state index contributed by atoms with van der Waals surface area (Å²) in [5, 5.41) is 15.3. The molecule has 148 valence electrons. The lowest BCUT2D eigenvalue weighted by Gasteiger charge is -2.18. The zero-order chi connectivity index (χ0) is 20.8. The molecule has 0 fully saturated rings. The van der Waals surface area contributed by atoms with Crippen molar-refractivity contribution in [2.45, 2.75) is 26.8 Å². The molecule has 3 rings (SSSR count). The van der Waals surface area contributed by atoms with Crippen LogP contribution in [0.3, 0.4) is 0 Å². The third-order valence-electron chi connectivity index (χ3n) is 4.45. The smallest absolute Gasteiger partial charge is 0.263 e. The monoisotopic (exact) mass is 389 g/mol. The number of imidazole rings is 1. The minimum Gasteiger partial charge on any atom is -0.494 e. The van der Waals surface area contributed by atoms with Crippen LogP contribution in [0, 0.1) is 18.3 Å². The summed E-state index contributed by atoms with van der Waals surface area (Å²) in [5.41, 5.74) is 4.36. The summed E-state index contributed by atoms with van der Waals surface area (Å²) in [6.07, 6.45) is 3.01. The van der Waals surface area contributed by atoms with E-state index in [0.29, 0.717) is 6.61 Å². The number of rotatable bonds is 7. The third kappa shape index (κ3) is 4.74. The van der Waals surface area contributed by atoms with Crippen molar-refractivity contribution in [3.63, 3.8) is 0 Å². The van der Waals surface area contributed by atoms with Gasteiger partial charge in [0, 0.05) is 17.5 Å². The van der Waals surface area contributed by atoms with Gasteiger partial charge in [-0.25, -0.2) is 4.98 Å². The molecule has 1 amide bonds. The van der Waals surface area contributed by atoms with Gasteiger partial charge < -0.3 is 20.4 Å². The van der Waals surface area contributed by atoms with E-state index in [1.807, 2.05) is 63.2 Å².